The summed E-state index contributed by atoms with van der Waals surface area (Å²) < 4.78 is 1.13. The normalized spacial score (nSPS) is 12.0. The first-order chi connectivity index (χ1) is 24.3. The minimum Gasteiger partial charge on any atom is -0.512 e. The zero-order valence-electron chi connectivity index (χ0n) is 32.4. The monoisotopic (exact) mass is 890 g/mol. The van der Waals surface area contributed by atoms with Gasteiger partial charge in [-0.3, -0.25) is 9.78 Å². The average Bonchev–Trinajstić information content (AvgIpc) is 3.44. The Hall–Kier alpha value is -3.70. The molecule has 6 rings (SSSR count). The number of carbonyl (C=O) groups excluding carboxylic acids is 1. The minimum atomic E-state index is 0. The minimum absolute atomic E-state index is 0. The maximum atomic E-state index is 11.7. The summed E-state index contributed by atoms with van der Waals surface area (Å²) in [5.41, 5.74) is 9.50. The molecule has 6 heteroatoms. The number of aromatic nitrogens is 2. The second-order valence-electron chi connectivity index (χ2n) is 14.8. The standard InChI is InChI=1S/C33H29N2S.C13H24O2.Ir/c1-19-15-22-11-7-9-13-25(22)20(2)28(19)31-21(3)29-32(36-31)30(35-18-34-29)24-16-23-12-8-10-14-26(23)27(17-24)33(4,5)6;1-5-10(6-2)12(14)9-13(15)11(7-3)8-4;/h7-15,17-18H,1-6H3;9-11,14H,5-8H2,1-4H3;/q-1;;/b;12-9-;. The van der Waals surface area contributed by atoms with Crippen molar-refractivity contribution >= 4 is 48.9 Å². The van der Waals surface area contributed by atoms with Crippen molar-refractivity contribution in [3.05, 3.63) is 107 Å². The van der Waals surface area contributed by atoms with Gasteiger partial charge in [-0.2, -0.15) is 0 Å². The summed E-state index contributed by atoms with van der Waals surface area (Å²) in [6.45, 7) is 21.5. The molecule has 0 atom stereocenters. The van der Waals surface area contributed by atoms with E-state index in [0.717, 1.165) is 52.5 Å². The van der Waals surface area contributed by atoms with Crippen molar-refractivity contribution in [3.8, 4) is 21.7 Å². The summed E-state index contributed by atoms with van der Waals surface area (Å²) in [5.74, 6) is 0.547. The van der Waals surface area contributed by atoms with E-state index >= 15 is 0 Å². The molecule has 0 saturated carbocycles. The second-order valence-corrected chi connectivity index (χ2v) is 15.8. The Morgan fingerprint density at radius 2 is 1.46 bits per heavy atom. The van der Waals surface area contributed by atoms with Crippen molar-refractivity contribution in [2.75, 3.05) is 0 Å². The fourth-order valence-corrected chi connectivity index (χ4v) is 8.69. The van der Waals surface area contributed by atoms with E-state index in [1.807, 2.05) is 39.0 Å². The van der Waals surface area contributed by atoms with E-state index in [9.17, 15) is 9.90 Å². The van der Waals surface area contributed by atoms with Crippen LogP contribution in [0.1, 0.15) is 96.4 Å². The summed E-state index contributed by atoms with van der Waals surface area (Å²) in [6.07, 6.45) is 6.62. The van der Waals surface area contributed by atoms with Gasteiger partial charge in [0.15, 0.2) is 5.78 Å². The molecule has 0 spiro atoms. The molecule has 2 aromatic heterocycles. The predicted molar refractivity (Wildman–Crippen MR) is 219 cm³/mol. The topological polar surface area (TPSA) is 63.1 Å². The number of aliphatic hydroxyl groups excluding tert-OH is 1. The van der Waals surface area contributed by atoms with Crippen LogP contribution in [0, 0.1) is 38.7 Å². The molecular weight excluding hydrogens is 837 g/mol. The van der Waals surface area contributed by atoms with Gasteiger partial charge >= 0.3 is 0 Å². The Balaban J connectivity index is 0.000000323. The van der Waals surface area contributed by atoms with Gasteiger partial charge in [0.1, 0.15) is 6.33 Å². The molecule has 0 fully saturated rings. The van der Waals surface area contributed by atoms with Crippen LogP contribution in [0.3, 0.4) is 0 Å². The summed E-state index contributed by atoms with van der Waals surface area (Å²) in [7, 11) is 0. The molecule has 0 bridgehead atoms. The molecule has 0 unspecified atom stereocenters. The Morgan fingerprint density at radius 3 is 2.10 bits per heavy atom. The van der Waals surface area contributed by atoms with Crippen LogP contribution in [0.2, 0.25) is 0 Å². The first kappa shape index (κ1) is 41.1. The molecule has 1 radical (unpaired) electrons. The number of hydrogen-bond donors (Lipinski definition) is 1. The van der Waals surface area contributed by atoms with Crippen molar-refractivity contribution in [2.45, 2.75) is 100 Å². The average molecular weight is 890 g/mol. The van der Waals surface area contributed by atoms with Crippen LogP contribution in [0.4, 0.5) is 0 Å². The number of rotatable bonds is 9. The summed E-state index contributed by atoms with van der Waals surface area (Å²) >= 11 is 1.81. The van der Waals surface area contributed by atoms with Crippen molar-refractivity contribution in [1.29, 1.82) is 0 Å². The first-order valence-electron chi connectivity index (χ1n) is 18.5. The van der Waals surface area contributed by atoms with E-state index in [1.54, 1.807) is 6.33 Å². The molecule has 0 aliphatic rings. The Bertz CT molecular complexity index is 2220. The Kier molecular flexibility index (Phi) is 13.8. The van der Waals surface area contributed by atoms with Crippen LogP contribution in [0.5, 0.6) is 0 Å². The molecule has 4 aromatic carbocycles. The van der Waals surface area contributed by atoms with E-state index < -0.39 is 0 Å². The van der Waals surface area contributed by atoms with Gasteiger partial charge in [-0.15, -0.1) is 40.5 Å². The zero-order chi connectivity index (χ0) is 37.0. The molecule has 0 amide bonds. The number of carbonyl (C=O) groups is 1. The van der Waals surface area contributed by atoms with Gasteiger partial charge in [0.25, 0.3) is 0 Å². The van der Waals surface area contributed by atoms with E-state index in [1.165, 1.54) is 54.9 Å². The molecule has 2 heterocycles. The van der Waals surface area contributed by atoms with Crippen LogP contribution < -0.4 is 0 Å². The SMILES string of the molecule is CCC(CC)C(=O)/C=C(\O)C(CC)CC.Cc1cc2ccccc2c(C)c1-c1sc2c(-c3[c-]c4ccccc4c(C(C)(C)C)c3)ncnc2c1C.[Ir]. The number of hydrogen-bond acceptors (Lipinski definition) is 5. The molecule has 0 aliphatic carbocycles. The summed E-state index contributed by atoms with van der Waals surface area (Å²) in [5, 5.41) is 14.7. The maximum absolute atomic E-state index is 11.7. The van der Waals surface area contributed by atoms with Gasteiger partial charge in [0, 0.05) is 53.3 Å². The molecule has 0 aliphatic heterocycles. The number of aliphatic hydroxyl groups is 1. The number of aryl methyl sites for hydroxylation is 3. The summed E-state index contributed by atoms with van der Waals surface area (Å²) in [4.78, 5) is 22.6. The van der Waals surface area contributed by atoms with Gasteiger partial charge in [0.05, 0.1) is 11.3 Å². The molecule has 275 valence electrons. The third-order valence-electron chi connectivity index (χ3n) is 10.4. The van der Waals surface area contributed by atoms with Crippen LogP contribution >= 0.6 is 11.3 Å². The Labute approximate surface area is 328 Å². The van der Waals surface area contributed by atoms with E-state index in [-0.39, 0.29) is 48.9 Å². The number of thiophene rings is 1. The molecule has 6 aromatic rings. The number of ketones is 1. The van der Waals surface area contributed by atoms with Crippen molar-refractivity contribution in [1.82, 2.24) is 9.97 Å². The molecule has 0 saturated heterocycles. The molecule has 52 heavy (non-hydrogen) atoms. The van der Waals surface area contributed by atoms with E-state index in [2.05, 4.69) is 108 Å². The fraction of sp³-hybridized carbons (Fsp3) is 0.370. The van der Waals surface area contributed by atoms with E-state index in [4.69, 9.17) is 9.97 Å². The molecule has 1 N–H and O–H groups in total. The van der Waals surface area contributed by atoms with Crippen LogP contribution in [-0.2, 0) is 30.3 Å². The van der Waals surface area contributed by atoms with Gasteiger partial charge in [-0.05, 0) is 84.9 Å². The van der Waals surface area contributed by atoms with Gasteiger partial charge in [-0.1, -0.05) is 108 Å². The quantitative estimate of drug-likeness (QED) is 0.0892. The van der Waals surface area contributed by atoms with Crippen molar-refractivity contribution in [2.24, 2.45) is 11.8 Å². The number of benzene rings is 4. The largest absolute Gasteiger partial charge is 0.512 e. The van der Waals surface area contributed by atoms with Crippen molar-refractivity contribution < 1.29 is 30.0 Å². The third-order valence-corrected chi connectivity index (χ3v) is 11.7. The molecular formula is C46H53IrN2O2S-. The number of nitrogens with zero attached hydrogens (tertiary/aromatic N) is 2. The predicted octanol–water partition coefficient (Wildman–Crippen LogP) is 13.2. The number of allylic oxidation sites excluding steroid dienone is 2. The van der Waals surface area contributed by atoms with Crippen LogP contribution in [0.25, 0.3) is 53.5 Å². The fourth-order valence-electron chi connectivity index (χ4n) is 7.26. The summed E-state index contributed by atoms with van der Waals surface area (Å²) in [6, 6.07) is 25.5. The Morgan fingerprint density at radius 1 is 0.846 bits per heavy atom. The van der Waals surface area contributed by atoms with Crippen molar-refractivity contribution in [3.63, 3.8) is 0 Å². The molecule has 4 nitrogen and oxygen atoms in total. The third kappa shape index (κ3) is 8.41. The first-order valence-corrected chi connectivity index (χ1v) is 19.3. The maximum Gasteiger partial charge on any atom is 0.162 e. The second kappa shape index (κ2) is 17.4. The smallest absolute Gasteiger partial charge is 0.162 e. The number of fused-ring (bicyclic) bond motifs is 3. The van der Waals surface area contributed by atoms with Crippen LogP contribution in [0.15, 0.2) is 78.8 Å². The van der Waals surface area contributed by atoms with E-state index in [0.29, 0.717) is 0 Å². The van der Waals surface area contributed by atoms with Gasteiger partial charge in [-0.25, -0.2) is 4.98 Å². The van der Waals surface area contributed by atoms with Gasteiger partial charge < -0.3 is 5.11 Å². The van der Waals surface area contributed by atoms with Gasteiger partial charge in [0.2, 0.25) is 0 Å². The van der Waals surface area contributed by atoms with Crippen LogP contribution in [-0.4, -0.2) is 20.9 Å². The zero-order valence-corrected chi connectivity index (χ0v) is 35.6.